The second-order valence-electron chi connectivity index (χ2n) is 18.9. The number of hydrogen-bond acceptors (Lipinski definition) is 11. The number of imide groups is 1. The van der Waals surface area contributed by atoms with Crippen LogP contribution in [0.3, 0.4) is 0 Å². The van der Waals surface area contributed by atoms with E-state index in [1.54, 1.807) is 71.0 Å². The quantitative estimate of drug-likeness (QED) is 0.0443. The van der Waals surface area contributed by atoms with Crippen molar-refractivity contribution in [2.24, 2.45) is 12.5 Å². The number of rotatable bonds is 24. The number of aliphatic hydroxyl groups excluding tert-OH is 1. The van der Waals surface area contributed by atoms with Gasteiger partial charge in [0.05, 0.1) is 50.4 Å². The van der Waals surface area contributed by atoms with Crippen LogP contribution in [0, 0.1) is 24.0 Å². The molecule has 4 heterocycles. The maximum atomic E-state index is 15.6. The molecule has 19 nitrogen and oxygen atoms in total. The molecule has 3 aromatic heterocycles. The highest BCUT2D eigenvalue weighted by atomic mass is 19.2. The number of amides is 7. The number of likely N-dealkylation sites (N-methyl/N-ethyl adjacent to an activating group) is 1. The highest BCUT2D eigenvalue weighted by Crippen LogP contribution is 2.37. The van der Waals surface area contributed by atoms with Crippen LogP contribution in [0.1, 0.15) is 80.8 Å². The van der Waals surface area contributed by atoms with Crippen molar-refractivity contribution in [3.63, 3.8) is 0 Å². The first kappa shape index (κ1) is 54.5. The number of aryl methyl sites for hydroxylation is 1. The largest absolute Gasteiger partial charge is 0.489 e. The van der Waals surface area contributed by atoms with Gasteiger partial charge in [0.15, 0.2) is 11.6 Å². The average Bonchev–Trinajstić information content (AvgIpc) is 4.01. The minimum absolute atomic E-state index is 0.0291. The summed E-state index contributed by atoms with van der Waals surface area (Å²) >= 11 is 0. The van der Waals surface area contributed by atoms with E-state index in [1.165, 1.54) is 30.2 Å². The molecular formula is C52H62F2N10O9. The minimum Gasteiger partial charge on any atom is -0.489 e. The van der Waals surface area contributed by atoms with E-state index in [0.717, 1.165) is 22.2 Å². The van der Waals surface area contributed by atoms with Crippen LogP contribution in [0.5, 0.6) is 5.75 Å². The molecule has 7 amide bonds. The smallest absolute Gasteiger partial charge is 0.253 e. The van der Waals surface area contributed by atoms with Crippen LogP contribution < -0.4 is 26.0 Å². The molecule has 5 N–H and O–H groups in total. The first-order valence-electron chi connectivity index (χ1n) is 23.9. The third kappa shape index (κ3) is 14.4. The number of hydrogen-bond donors (Lipinski definition) is 5. The van der Waals surface area contributed by atoms with Gasteiger partial charge < -0.3 is 40.4 Å². The average molecular weight is 1010 g/mol. The standard InChI is InChI=1S/C52H62F2N10O9/c1-32-36(48(60-62(32)6)50(71)52(2,3)4)22-24-73-49-37(17-18-38(53)47(49)54)34-16-19-40-55-26-35(64(40)30-34)31-61(5)46(70)29-58-51(72)39(25-33-13-9-7-10-14-33)59-43(67)28-57-42(66)27-56-41(65)15-11-8-12-23-63-44(68)20-21-45(63)69/h7,9-10,13-14,16-21,26,30,39,50,71H,8,11-12,15,22-25,27-29,31H2,1-6H3,(H,56,65)(H,57,66)(H,58,72)(H,59,67)/t39-,50?/m0/s1. The summed E-state index contributed by atoms with van der Waals surface area (Å²) < 4.78 is 39.6. The monoisotopic (exact) mass is 1010 g/mol. The number of nitrogens with one attached hydrogen (secondary N) is 4. The molecule has 0 aliphatic carbocycles. The van der Waals surface area contributed by atoms with Gasteiger partial charge in [-0.1, -0.05) is 57.5 Å². The number of carbonyl (C=O) groups excluding carboxylic acids is 7. The maximum Gasteiger partial charge on any atom is 0.253 e. The number of benzene rings is 2. The molecule has 0 radical (unpaired) electrons. The van der Waals surface area contributed by atoms with Crippen LogP contribution in [0.4, 0.5) is 8.78 Å². The fourth-order valence-electron chi connectivity index (χ4n) is 8.03. The Morgan fingerprint density at radius 1 is 0.863 bits per heavy atom. The van der Waals surface area contributed by atoms with E-state index >= 15 is 4.39 Å². The molecule has 2 aromatic carbocycles. The number of aromatic nitrogens is 4. The summed E-state index contributed by atoms with van der Waals surface area (Å²) in [4.78, 5) is 95.1. The lowest BCUT2D eigenvalue weighted by atomic mass is 9.85. The van der Waals surface area contributed by atoms with Crippen molar-refractivity contribution >= 4 is 47.0 Å². The highest BCUT2D eigenvalue weighted by Gasteiger charge is 2.30. The van der Waals surface area contributed by atoms with Gasteiger partial charge in [-0.25, -0.2) is 9.37 Å². The lowest BCUT2D eigenvalue weighted by Gasteiger charge is -2.25. The molecule has 5 aromatic rings. The summed E-state index contributed by atoms with van der Waals surface area (Å²) in [6, 6.07) is 13.5. The first-order chi connectivity index (χ1) is 34.7. The molecule has 73 heavy (non-hydrogen) atoms. The Labute approximate surface area is 421 Å². The summed E-state index contributed by atoms with van der Waals surface area (Å²) in [5, 5.41) is 25.7. The molecule has 0 fully saturated rings. The van der Waals surface area contributed by atoms with E-state index in [-0.39, 0.29) is 68.0 Å². The van der Waals surface area contributed by atoms with Crippen molar-refractivity contribution in [1.29, 1.82) is 0 Å². The molecular weight excluding hydrogens is 947 g/mol. The maximum absolute atomic E-state index is 15.6. The third-order valence-electron chi connectivity index (χ3n) is 12.4. The van der Waals surface area contributed by atoms with Crippen molar-refractivity contribution in [2.75, 3.05) is 39.8 Å². The van der Waals surface area contributed by atoms with Crippen LogP contribution in [0.25, 0.3) is 16.8 Å². The zero-order chi connectivity index (χ0) is 53.0. The Balaban J connectivity index is 1.01. The Morgan fingerprint density at radius 2 is 1.56 bits per heavy atom. The number of ether oxygens (including phenoxy) is 1. The van der Waals surface area contributed by atoms with Crippen molar-refractivity contribution in [3.8, 4) is 16.9 Å². The molecule has 6 rings (SSSR count). The van der Waals surface area contributed by atoms with E-state index in [0.29, 0.717) is 47.4 Å². The summed E-state index contributed by atoms with van der Waals surface area (Å²) in [6.45, 7) is 6.46. The highest BCUT2D eigenvalue weighted by molar-refractivity contribution is 6.12. The van der Waals surface area contributed by atoms with Gasteiger partial charge in [-0.2, -0.15) is 9.49 Å². The molecule has 1 aliphatic rings. The van der Waals surface area contributed by atoms with Gasteiger partial charge in [-0.15, -0.1) is 0 Å². The molecule has 1 unspecified atom stereocenters. The zero-order valence-corrected chi connectivity index (χ0v) is 41.8. The summed E-state index contributed by atoms with van der Waals surface area (Å²) in [7, 11) is 3.30. The molecule has 1 aliphatic heterocycles. The predicted octanol–water partition coefficient (Wildman–Crippen LogP) is 3.54. The predicted molar refractivity (Wildman–Crippen MR) is 264 cm³/mol. The minimum atomic E-state index is -1.17. The van der Waals surface area contributed by atoms with Crippen LogP contribution in [0.2, 0.25) is 0 Å². The van der Waals surface area contributed by atoms with Crippen LogP contribution in [-0.2, 0) is 60.0 Å². The molecule has 0 saturated carbocycles. The van der Waals surface area contributed by atoms with Crippen molar-refractivity contribution < 1.29 is 52.2 Å². The number of aliphatic hydroxyl groups is 1. The fraction of sp³-hybridized carbons (Fsp3) is 0.404. The number of pyridine rings is 1. The van der Waals surface area contributed by atoms with E-state index in [2.05, 4.69) is 31.3 Å². The van der Waals surface area contributed by atoms with E-state index < -0.39 is 72.5 Å². The molecule has 0 bridgehead atoms. The fourth-order valence-corrected chi connectivity index (χ4v) is 8.03. The van der Waals surface area contributed by atoms with Crippen molar-refractivity contribution in [2.45, 2.75) is 84.9 Å². The Kier molecular flexibility index (Phi) is 18.3. The molecule has 0 saturated heterocycles. The van der Waals surface area contributed by atoms with Gasteiger partial charge >= 0.3 is 0 Å². The van der Waals surface area contributed by atoms with Crippen LogP contribution >= 0.6 is 0 Å². The number of halogens is 2. The van der Waals surface area contributed by atoms with Gasteiger partial charge in [0.25, 0.3) is 11.8 Å². The van der Waals surface area contributed by atoms with Gasteiger partial charge in [0, 0.05) is 80.6 Å². The molecule has 21 heteroatoms. The second-order valence-corrected chi connectivity index (χ2v) is 18.9. The van der Waals surface area contributed by atoms with E-state index in [4.69, 9.17) is 4.74 Å². The summed E-state index contributed by atoms with van der Waals surface area (Å²) in [5.74, 6) is -6.15. The number of unbranched alkanes of at least 4 members (excludes halogenated alkanes) is 2. The van der Waals surface area contributed by atoms with E-state index in [1.807, 2.05) is 27.7 Å². The third-order valence-corrected chi connectivity index (χ3v) is 12.4. The first-order valence-corrected chi connectivity index (χ1v) is 23.9. The summed E-state index contributed by atoms with van der Waals surface area (Å²) in [5.41, 5.74) is 4.05. The number of fused-ring (bicyclic) bond motifs is 1. The molecule has 388 valence electrons. The van der Waals surface area contributed by atoms with Gasteiger partial charge in [-0.05, 0) is 55.0 Å². The van der Waals surface area contributed by atoms with Crippen LogP contribution in [-0.4, -0.2) is 121 Å². The lowest BCUT2D eigenvalue weighted by molar-refractivity contribution is -0.137. The second kappa shape index (κ2) is 24.5. The Morgan fingerprint density at radius 3 is 2.27 bits per heavy atom. The van der Waals surface area contributed by atoms with E-state index in [9.17, 15) is 43.1 Å². The SMILES string of the molecule is Cc1c(CCOc2c(-c3ccc4ncc(CN(C)C(=O)CNC(=O)[C@H](Cc5ccccc5)NC(=O)CNC(=O)CNC(=O)CCCCCN5C(=O)C=CC5=O)n4c3)ccc(F)c2F)c(C(O)C(C)(C)C)nn1C. The zero-order valence-electron chi connectivity index (χ0n) is 41.8. The Bertz CT molecular complexity index is 2860. The van der Waals surface area contributed by atoms with Crippen molar-refractivity contribution in [1.82, 2.24) is 50.2 Å². The number of imidazole rings is 1. The Hall–Kier alpha value is -7.81. The number of nitrogens with zero attached hydrogens (tertiary/aromatic N) is 6. The number of carbonyl (C=O) groups is 7. The topological polar surface area (TPSA) is 239 Å². The lowest BCUT2D eigenvalue weighted by Crippen LogP contribution is -2.52. The van der Waals surface area contributed by atoms with Gasteiger partial charge in [0.2, 0.25) is 35.4 Å². The normalized spacial score (nSPS) is 13.2. The van der Waals surface area contributed by atoms with Gasteiger partial charge in [0.1, 0.15) is 17.8 Å². The molecule has 2 atom stereocenters. The van der Waals surface area contributed by atoms with Gasteiger partial charge in [-0.3, -0.25) is 43.1 Å². The molecule has 0 spiro atoms. The van der Waals surface area contributed by atoms with Crippen molar-refractivity contribution in [3.05, 3.63) is 119 Å². The van der Waals surface area contributed by atoms with Crippen LogP contribution in [0.15, 0.2) is 79.1 Å². The summed E-state index contributed by atoms with van der Waals surface area (Å²) in [6.07, 6.45) is 6.80.